The molecule has 1 aromatic carbocycles. The molecule has 0 aromatic heterocycles. The van der Waals surface area contributed by atoms with Crippen LogP contribution in [0.2, 0.25) is 0 Å². The van der Waals surface area contributed by atoms with Crippen molar-refractivity contribution in [1.82, 2.24) is 5.32 Å². The molecule has 3 nitrogen and oxygen atoms in total. The highest BCUT2D eigenvalue weighted by atomic mass is 79.9. The molecule has 0 aliphatic rings. The Kier molecular flexibility index (Phi) is 4.37. The molecule has 0 heterocycles. The van der Waals surface area contributed by atoms with Crippen molar-refractivity contribution in [2.75, 3.05) is 13.7 Å². The summed E-state index contributed by atoms with van der Waals surface area (Å²) >= 11 is 6.47. The minimum absolute atomic E-state index is 0.0140. The van der Waals surface area contributed by atoms with Gasteiger partial charge in [-0.2, -0.15) is 0 Å². The van der Waals surface area contributed by atoms with Gasteiger partial charge in [-0.15, -0.1) is 0 Å². The largest absolute Gasteiger partial charge is 0.506 e. The van der Waals surface area contributed by atoms with Crippen LogP contribution in [0, 0.1) is 0 Å². The molecule has 0 saturated heterocycles. The lowest BCUT2D eigenvalue weighted by molar-refractivity contribution is 0.251. The Bertz CT molecular complexity index is 304. The Hall–Kier alpha value is -0.100. The van der Waals surface area contributed by atoms with Crippen molar-refractivity contribution in [3.8, 4) is 5.75 Å². The molecule has 1 atom stereocenters. The first-order valence-electron chi connectivity index (χ1n) is 4.06. The third kappa shape index (κ3) is 2.48. The summed E-state index contributed by atoms with van der Waals surface area (Å²) < 4.78 is 1.21. The number of hydrogen-bond donors (Lipinski definition) is 3. The first-order chi connectivity index (χ1) is 6.60. The molecular weight excluding hydrogens is 314 g/mol. The highest BCUT2D eigenvalue weighted by Crippen LogP contribution is 2.34. The van der Waals surface area contributed by atoms with Crippen LogP contribution in [0.3, 0.4) is 0 Å². The zero-order chi connectivity index (χ0) is 10.7. The number of benzene rings is 1. The summed E-state index contributed by atoms with van der Waals surface area (Å²) in [6.45, 7) is 0.0140. The SMILES string of the molecule is CNC(CO)c1cc(Br)c(O)c(Br)c1. The average Bonchev–Trinajstić information content (AvgIpc) is 2.16. The number of phenolic OH excluding ortho intramolecular Hbond substituents is 1. The monoisotopic (exact) mass is 323 g/mol. The number of aromatic hydroxyl groups is 1. The lowest BCUT2D eigenvalue weighted by atomic mass is 10.1. The smallest absolute Gasteiger partial charge is 0.143 e. The van der Waals surface area contributed by atoms with Crippen molar-refractivity contribution in [3.05, 3.63) is 26.6 Å². The van der Waals surface area contributed by atoms with Crippen molar-refractivity contribution in [3.63, 3.8) is 0 Å². The van der Waals surface area contributed by atoms with E-state index >= 15 is 0 Å². The molecule has 0 aliphatic carbocycles. The number of rotatable bonds is 3. The Morgan fingerprint density at radius 2 is 1.86 bits per heavy atom. The second-order valence-corrected chi connectivity index (χ2v) is 4.57. The van der Waals surface area contributed by atoms with Gasteiger partial charge in [-0.05, 0) is 56.6 Å². The fraction of sp³-hybridized carbons (Fsp3) is 0.333. The molecule has 0 fully saturated rings. The van der Waals surface area contributed by atoms with E-state index in [1.807, 2.05) is 0 Å². The lowest BCUT2D eigenvalue weighted by Crippen LogP contribution is -2.19. The van der Waals surface area contributed by atoms with E-state index in [0.717, 1.165) is 5.56 Å². The summed E-state index contributed by atoms with van der Waals surface area (Å²) in [5.41, 5.74) is 0.909. The standard InChI is InChI=1S/C9H11Br2NO2/c1-12-8(4-13)5-2-6(10)9(14)7(11)3-5/h2-3,8,12-14H,4H2,1H3. The number of aliphatic hydroxyl groups is 1. The van der Waals surface area contributed by atoms with Gasteiger partial charge in [-0.1, -0.05) is 0 Å². The Morgan fingerprint density at radius 3 is 2.21 bits per heavy atom. The summed E-state index contributed by atoms with van der Waals surface area (Å²) in [6.07, 6.45) is 0. The van der Waals surface area contributed by atoms with Gasteiger partial charge in [0.05, 0.1) is 21.6 Å². The van der Waals surface area contributed by atoms with E-state index in [2.05, 4.69) is 37.2 Å². The number of nitrogens with one attached hydrogen (secondary N) is 1. The maximum atomic E-state index is 9.48. The molecule has 0 saturated carbocycles. The van der Waals surface area contributed by atoms with Crippen molar-refractivity contribution in [2.45, 2.75) is 6.04 Å². The average molecular weight is 325 g/mol. The maximum absolute atomic E-state index is 9.48. The Labute approximate surface area is 99.4 Å². The predicted molar refractivity (Wildman–Crippen MR) is 62.4 cm³/mol. The van der Waals surface area contributed by atoms with E-state index in [9.17, 15) is 5.11 Å². The van der Waals surface area contributed by atoms with Crippen molar-refractivity contribution in [2.24, 2.45) is 0 Å². The number of halogens is 2. The topological polar surface area (TPSA) is 52.5 Å². The molecule has 14 heavy (non-hydrogen) atoms. The van der Waals surface area contributed by atoms with Crippen LogP contribution in [-0.4, -0.2) is 23.9 Å². The minimum Gasteiger partial charge on any atom is -0.506 e. The fourth-order valence-corrected chi connectivity index (χ4v) is 2.37. The lowest BCUT2D eigenvalue weighted by Gasteiger charge is -2.14. The van der Waals surface area contributed by atoms with Gasteiger partial charge in [-0.25, -0.2) is 0 Å². The van der Waals surface area contributed by atoms with Crippen LogP contribution in [0.1, 0.15) is 11.6 Å². The van der Waals surface area contributed by atoms with Gasteiger partial charge >= 0.3 is 0 Å². The molecule has 0 aliphatic heterocycles. The second-order valence-electron chi connectivity index (χ2n) is 2.86. The number of phenols is 1. The molecule has 0 radical (unpaired) electrons. The summed E-state index contributed by atoms with van der Waals surface area (Å²) in [4.78, 5) is 0. The van der Waals surface area contributed by atoms with Gasteiger partial charge in [0.25, 0.3) is 0 Å². The summed E-state index contributed by atoms with van der Waals surface area (Å²) in [6, 6.07) is 3.43. The summed E-state index contributed by atoms with van der Waals surface area (Å²) in [5.74, 6) is 0.168. The zero-order valence-electron chi connectivity index (χ0n) is 7.59. The highest BCUT2D eigenvalue weighted by molar-refractivity contribution is 9.11. The van der Waals surface area contributed by atoms with E-state index in [0.29, 0.717) is 8.95 Å². The number of likely N-dealkylation sites (N-methyl/N-ethyl adjacent to an activating group) is 1. The summed E-state index contributed by atoms with van der Waals surface area (Å²) in [7, 11) is 1.77. The maximum Gasteiger partial charge on any atom is 0.143 e. The van der Waals surface area contributed by atoms with E-state index in [4.69, 9.17) is 5.11 Å². The molecule has 0 spiro atoms. The quantitative estimate of drug-likeness (QED) is 0.798. The minimum atomic E-state index is -0.122. The third-order valence-corrected chi connectivity index (χ3v) is 3.18. The van der Waals surface area contributed by atoms with Crippen molar-refractivity contribution >= 4 is 31.9 Å². The van der Waals surface area contributed by atoms with Gasteiger partial charge in [0.1, 0.15) is 5.75 Å². The zero-order valence-corrected chi connectivity index (χ0v) is 10.8. The van der Waals surface area contributed by atoms with Crippen LogP contribution in [0.5, 0.6) is 5.75 Å². The van der Waals surface area contributed by atoms with E-state index < -0.39 is 0 Å². The molecule has 1 aromatic rings. The highest BCUT2D eigenvalue weighted by Gasteiger charge is 2.12. The normalized spacial score (nSPS) is 12.9. The molecule has 78 valence electrons. The van der Waals surface area contributed by atoms with Gasteiger partial charge in [0, 0.05) is 0 Å². The Balaban J connectivity index is 3.11. The van der Waals surface area contributed by atoms with E-state index in [1.165, 1.54) is 0 Å². The molecular formula is C9H11Br2NO2. The van der Waals surface area contributed by atoms with Gasteiger partial charge < -0.3 is 15.5 Å². The van der Waals surface area contributed by atoms with Crippen LogP contribution in [-0.2, 0) is 0 Å². The first kappa shape index (κ1) is 12.0. The van der Waals surface area contributed by atoms with E-state index in [-0.39, 0.29) is 18.4 Å². The molecule has 3 N–H and O–H groups in total. The van der Waals surface area contributed by atoms with Crippen LogP contribution < -0.4 is 5.32 Å². The van der Waals surface area contributed by atoms with Crippen LogP contribution in [0.15, 0.2) is 21.1 Å². The molecule has 0 bridgehead atoms. The Morgan fingerprint density at radius 1 is 1.36 bits per heavy atom. The second kappa shape index (κ2) is 5.11. The third-order valence-electron chi connectivity index (χ3n) is 1.97. The van der Waals surface area contributed by atoms with Gasteiger partial charge in [0.15, 0.2) is 0 Å². The van der Waals surface area contributed by atoms with Gasteiger partial charge in [-0.3, -0.25) is 0 Å². The van der Waals surface area contributed by atoms with Crippen molar-refractivity contribution in [1.29, 1.82) is 0 Å². The van der Waals surface area contributed by atoms with E-state index in [1.54, 1.807) is 19.2 Å². The van der Waals surface area contributed by atoms with Gasteiger partial charge in [0.2, 0.25) is 0 Å². The predicted octanol–water partition coefficient (Wildman–Crippen LogP) is 2.17. The first-order valence-corrected chi connectivity index (χ1v) is 5.64. The van der Waals surface area contributed by atoms with Crippen LogP contribution >= 0.6 is 31.9 Å². The summed E-state index contributed by atoms with van der Waals surface area (Å²) in [5, 5.41) is 21.5. The number of hydrogen-bond acceptors (Lipinski definition) is 3. The fourth-order valence-electron chi connectivity index (χ4n) is 1.15. The molecule has 5 heteroatoms. The molecule has 1 rings (SSSR count). The van der Waals surface area contributed by atoms with Crippen LogP contribution in [0.4, 0.5) is 0 Å². The molecule has 1 unspecified atom stereocenters. The van der Waals surface area contributed by atoms with Crippen LogP contribution in [0.25, 0.3) is 0 Å². The van der Waals surface area contributed by atoms with Crippen molar-refractivity contribution < 1.29 is 10.2 Å². The number of aliphatic hydroxyl groups excluding tert-OH is 1. The molecule has 0 amide bonds.